The number of H-pyrrole nitrogens is 1. The summed E-state index contributed by atoms with van der Waals surface area (Å²) in [6, 6.07) is 4.69. The normalized spacial score (nSPS) is 18.8. The molecule has 0 spiro atoms. The van der Waals surface area contributed by atoms with Crippen molar-refractivity contribution >= 4 is 12.0 Å². The van der Waals surface area contributed by atoms with E-state index in [1.54, 1.807) is 37.5 Å². The topological polar surface area (TPSA) is 61.5 Å². The number of carbonyl (C=O) groups excluding carboxylic acids is 1. The van der Waals surface area contributed by atoms with Crippen LogP contribution in [0.5, 0.6) is 5.75 Å². The number of carbonyl (C=O) groups is 1. The number of amides is 1. The number of ether oxygens (including phenoxy) is 1. The number of benzene rings is 1. The quantitative estimate of drug-likeness (QED) is 0.853. The molecule has 26 heavy (non-hydrogen) atoms. The number of halogens is 1. The van der Waals surface area contributed by atoms with Gasteiger partial charge in [-0.25, -0.2) is 9.37 Å². The zero-order valence-corrected chi connectivity index (χ0v) is 15.2. The maximum Gasteiger partial charge on any atom is 0.249 e. The van der Waals surface area contributed by atoms with E-state index in [4.69, 9.17) is 4.74 Å². The van der Waals surface area contributed by atoms with Crippen LogP contribution < -0.4 is 4.74 Å². The van der Waals surface area contributed by atoms with Gasteiger partial charge in [-0.3, -0.25) is 9.69 Å². The Bertz CT molecular complexity index is 804. The number of piperazine rings is 1. The smallest absolute Gasteiger partial charge is 0.249 e. The van der Waals surface area contributed by atoms with Crippen LogP contribution in [-0.2, 0) is 4.79 Å². The van der Waals surface area contributed by atoms with Gasteiger partial charge in [-0.15, -0.1) is 0 Å². The van der Waals surface area contributed by atoms with Gasteiger partial charge in [-0.1, -0.05) is 6.07 Å². The highest BCUT2D eigenvalue weighted by Crippen LogP contribution is 2.23. The minimum Gasteiger partial charge on any atom is -0.494 e. The van der Waals surface area contributed by atoms with E-state index in [1.807, 2.05) is 11.9 Å². The highest BCUT2D eigenvalue weighted by atomic mass is 19.1. The second kappa shape index (κ2) is 7.70. The second-order valence-corrected chi connectivity index (χ2v) is 6.44. The Morgan fingerprint density at radius 2 is 2.23 bits per heavy atom. The van der Waals surface area contributed by atoms with Gasteiger partial charge in [0.05, 0.1) is 13.2 Å². The molecule has 1 aliphatic heterocycles. The molecule has 3 rings (SSSR count). The fourth-order valence-corrected chi connectivity index (χ4v) is 3.15. The number of nitrogens with one attached hydrogen (secondary N) is 1. The number of methoxy groups -OCH3 is 1. The van der Waals surface area contributed by atoms with Crippen molar-refractivity contribution in [3.63, 3.8) is 0 Å². The number of aromatic nitrogens is 2. The van der Waals surface area contributed by atoms with Crippen molar-refractivity contribution in [1.29, 1.82) is 0 Å². The predicted molar refractivity (Wildman–Crippen MR) is 97.1 cm³/mol. The summed E-state index contributed by atoms with van der Waals surface area (Å²) < 4.78 is 18.8. The number of rotatable bonds is 4. The van der Waals surface area contributed by atoms with Crippen molar-refractivity contribution in [1.82, 2.24) is 19.8 Å². The third kappa shape index (κ3) is 3.77. The molecule has 1 aromatic heterocycles. The molecule has 2 heterocycles. The first-order valence-corrected chi connectivity index (χ1v) is 8.50. The van der Waals surface area contributed by atoms with Crippen LogP contribution in [0, 0.1) is 5.82 Å². The molecule has 138 valence electrons. The van der Waals surface area contributed by atoms with Crippen LogP contribution in [-0.4, -0.2) is 59.5 Å². The van der Waals surface area contributed by atoms with Gasteiger partial charge in [0.25, 0.3) is 0 Å². The maximum absolute atomic E-state index is 13.8. The first-order chi connectivity index (χ1) is 12.5. The monoisotopic (exact) mass is 358 g/mol. The van der Waals surface area contributed by atoms with Crippen molar-refractivity contribution in [2.24, 2.45) is 0 Å². The first-order valence-electron chi connectivity index (χ1n) is 8.50. The molecule has 1 aromatic carbocycles. The number of imidazole rings is 1. The van der Waals surface area contributed by atoms with Crippen molar-refractivity contribution in [3.05, 3.63) is 53.4 Å². The van der Waals surface area contributed by atoms with Gasteiger partial charge in [0.2, 0.25) is 5.91 Å². The second-order valence-electron chi connectivity index (χ2n) is 6.44. The Morgan fingerprint density at radius 3 is 2.88 bits per heavy atom. The minimum absolute atomic E-state index is 0.0360. The molecule has 1 N–H and O–H groups in total. The Labute approximate surface area is 152 Å². The summed E-state index contributed by atoms with van der Waals surface area (Å²) in [7, 11) is 3.45. The maximum atomic E-state index is 13.8. The van der Waals surface area contributed by atoms with Gasteiger partial charge < -0.3 is 14.6 Å². The Balaban J connectivity index is 1.74. The molecule has 1 unspecified atom stereocenters. The summed E-state index contributed by atoms with van der Waals surface area (Å²) in [6.07, 6.45) is 5.20. The number of hydrogen-bond acceptors (Lipinski definition) is 4. The van der Waals surface area contributed by atoms with Gasteiger partial charge >= 0.3 is 0 Å². The molecule has 1 atom stereocenters. The standard InChI is InChI=1S/C19H23FN4O2/c1-13(10-14-4-5-17(26-3)15(20)11-14)19(25)24-9-8-23(2)16(12-24)18-21-6-7-22-18/h4-7,10-11,16H,8-9,12H2,1-3H3,(H,21,22)/b13-10+. The number of likely N-dealkylation sites (N-methyl/N-ethyl adjacent to an activating group) is 1. The van der Waals surface area contributed by atoms with E-state index in [9.17, 15) is 9.18 Å². The van der Waals surface area contributed by atoms with E-state index in [-0.39, 0.29) is 17.7 Å². The van der Waals surface area contributed by atoms with Gasteiger partial charge in [-0.2, -0.15) is 0 Å². The van der Waals surface area contributed by atoms with E-state index in [0.29, 0.717) is 24.2 Å². The molecule has 0 bridgehead atoms. The SMILES string of the molecule is COc1ccc(/C=C(\C)C(=O)N2CCN(C)C(c3ncc[nH]3)C2)cc1F. The third-order valence-electron chi connectivity index (χ3n) is 4.67. The van der Waals surface area contributed by atoms with E-state index in [1.165, 1.54) is 13.2 Å². The van der Waals surface area contributed by atoms with Crippen LogP contribution in [0.1, 0.15) is 24.4 Å². The van der Waals surface area contributed by atoms with Crippen molar-refractivity contribution in [2.75, 3.05) is 33.8 Å². The molecule has 1 aliphatic rings. The highest BCUT2D eigenvalue weighted by molar-refractivity contribution is 5.97. The average molecular weight is 358 g/mol. The summed E-state index contributed by atoms with van der Waals surface area (Å²) in [5.74, 6) is 0.542. The molecule has 2 aromatic rings. The van der Waals surface area contributed by atoms with E-state index < -0.39 is 5.82 Å². The van der Waals surface area contributed by atoms with E-state index in [0.717, 1.165) is 12.4 Å². The highest BCUT2D eigenvalue weighted by Gasteiger charge is 2.30. The molecular weight excluding hydrogens is 335 g/mol. The summed E-state index contributed by atoms with van der Waals surface area (Å²) in [6.45, 7) is 3.73. The van der Waals surface area contributed by atoms with Crippen LogP contribution in [0.25, 0.3) is 6.08 Å². The summed E-state index contributed by atoms with van der Waals surface area (Å²) >= 11 is 0. The number of hydrogen-bond donors (Lipinski definition) is 1. The zero-order chi connectivity index (χ0) is 18.7. The molecule has 1 fully saturated rings. The minimum atomic E-state index is -0.445. The molecule has 0 saturated carbocycles. The summed E-state index contributed by atoms with van der Waals surface area (Å²) in [5, 5.41) is 0. The lowest BCUT2D eigenvalue weighted by Crippen LogP contribution is -2.49. The fourth-order valence-electron chi connectivity index (χ4n) is 3.15. The van der Waals surface area contributed by atoms with Crippen LogP contribution in [0.15, 0.2) is 36.2 Å². The summed E-state index contributed by atoms with van der Waals surface area (Å²) in [5.41, 5.74) is 1.20. The lowest BCUT2D eigenvalue weighted by molar-refractivity contribution is -0.129. The molecule has 1 amide bonds. The van der Waals surface area contributed by atoms with Crippen LogP contribution in [0.3, 0.4) is 0 Å². The average Bonchev–Trinajstić information content (AvgIpc) is 3.16. The lowest BCUT2D eigenvalue weighted by Gasteiger charge is -2.38. The fraction of sp³-hybridized carbons (Fsp3) is 0.368. The largest absolute Gasteiger partial charge is 0.494 e. The molecule has 0 radical (unpaired) electrons. The summed E-state index contributed by atoms with van der Waals surface area (Å²) in [4.78, 5) is 24.3. The van der Waals surface area contributed by atoms with Gasteiger partial charge in [0, 0.05) is 37.6 Å². The van der Waals surface area contributed by atoms with Crippen LogP contribution in [0.4, 0.5) is 4.39 Å². The van der Waals surface area contributed by atoms with Gasteiger partial charge in [-0.05, 0) is 37.7 Å². The predicted octanol–water partition coefficient (Wildman–Crippen LogP) is 2.48. The Kier molecular flexibility index (Phi) is 5.37. The van der Waals surface area contributed by atoms with E-state index in [2.05, 4.69) is 14.9 Å². The van der Waals surface area contributed by atoms with Gasteiger partial charge in [0.15, 0.2) is 11.6 Å². The Hall–Kier alpha value is -2.67. The molecule has 7 heteroatoms. The molecule has 0 aliphatic carbocycles. The lowest BCUT2D eigenvalue weighted by atomic mass is 10.1. The van der Waals surface area contributed by atoms with Crippen molar-refractivity contribution in [3.8, 4) is 5.75 Å². The van der Waals surface area contributed by atoms with Crippen LogP contribution in [0.2, 0.25) is 0 Å². The first kappa shape index (κ1) is 18.1. The van der Waals surface area contributed by atoms with E-state index >= 15 is 0 Å². The zero-order valence-electron chi connectivity index (χ0n) is 15.2. The van der Waals surface area contributed by atoms with Crippen molar-refractivity contribution in [2.45, 2.75) is 13.0 Å². The molecule has 1 saturated heterocycles. The molecule has 6 nitrogen and oxygen atoms in total. The van der Waals surface area contributed by atoms with Crippen LogP contribution >= 0.6 is 0 Å². The Morgan fingerprint density at radius 1 is 1.42 bits per heavy atom. The van der Waals surface area contributed by atoms with Crippen molar-refractivity contribution < 1.29 is 13.9 Å². The number of nitrogens with zero attached hydrogens (tertiary/aromatic N) is 3. The molecular formula is C19H23FN4O2. The third-order valence-corrected chi connectivity index (χ3v) is 4.67. The van der Waals surface area contributed by atoms with Gasteiger partial charge in [0.1, 0.15) is 5.82 Å². The number of aromatic amines is 1.